The third-order valence-corrected chi connectivity index (χ3v) is 5.25. The van der Waals surface area contributed by atoms with Crippen LogP contribution in [-0.2, 0) is 11.3 Å². The Balaban J connectivity index is 1.60. The lowest BCUT2D eigenvalue weighted by molar-refractivity contribution is 0.0457. The lowest BCUT2D eigenvalue weighted by Gasteiger charge is -2.10. The van der Waals surface area contributed by atoms with Crippen molar-refractivity contribution in [2.75, 3.05) is 6.26 Å². The third-order valence-electron chi connectivity index (χ3n) is 3.84. The van der Waals surface area contributed by atoms with E-state index in [4.69, 9.17) is 4.74 Å². The van der Waals surface area contributed by atoms with Crippen LogP contribution >= 0.6 is 23.1 Å². The molecule has 0 saturated carbocycles. The number of benzene rings is 1. The summed E-state index contributed by atoms with van der Waals surface area (Å²) in [5.74, 6) is -0.528. The molecule has 0 saturated heterocycles. The summed E-state index contributed by atoms with van der Waals surface area (Å²) in [5.41, 5.74) is 1.35. The molecular formula is C18H14N4O3S2. The van der Waals surface area contributed by atoms with Crippen molar-refractivity contribution in [1.82, 2.24) is 18.9 Å². The zero-order valence-corrected chi connectivity index (χ0v) is 15.9. The van der Waals surface area contributed by atoms with Crippen LogP contribution < -0.4 is 5.56 Å². The molecule has 0 aliphatic rings. The van der Waals surface area contributed by atoms with Crippen LogP contribution in [0.3, 0.4) is 0 Å². The Morgan fingerprint density at radius 2 is 2.11 bits per heavy atom. The molecule has 7 nitrogen and oxygen atoms in total. The van der Waals surface area contributed by atoms with Gasteiger partial charge < -0.3 is 4.74 Å². The van der Waals surface area contributed by atoms with Crippen molar-refractivity contribution >= 4 is 34.0 Å². The van der Waals surface area contributed by atoms with E-state index in [0.717, 1.165) is 5.69 Å². The van der Waals surface area contributed by atoms with Gasteiger partial charge in [0.2, 0.25) is 0 Å². The summed E-state index contributed by atoms with van der Waals surface area (Å²) in [7, 11) is 0. The molecule has 0 atom stereocenters. The largest absolute Gasteiger partial charge is 0.454 e. The Morgan fingerprint density at radius 1 is 1.30 bits per heavy atom. The quantitative estimate of drug-likeness (QED) is 0.380. The van der Waals surface area contributed by atoms with Gasteiger partial charge >= 0.3 is 5.97 Å². The predicted octanol–water partition coefficient (Wildman–Crippen LogP) is 3.02. The zero-order valence-electron chi connectivity index (χ0n) is 14.2. The molecule has 3 aromatic heterocycles. The van der Waals surface area contributed by atoms with Crippen LogP contribution in [0.15, 0.2) is 64.1 Å². The van der Waals surface area contributed by atoms with Gasteiger partial charge in [0.25, 0.3) is 5.56 Å². The maximum absolute atomic E-state index is 12.6. The van der Waals surface area contributed by atoms with Crippen molar-refractivity contribution in [1.29, 1.82) is 0 Å². The molecule has 0 bridgehead atoms. The van der Waals surface area contributed by atoms with Crippen molar-refractivity contribution in [2.45, 2.75) is 11.8 Å². The number of hydrogen-bond donors (Lipinski definition) is 0. The van der Waals surface area contributed by atoms with Crippen LogP contribution in [0.5, 0.6) is 0 Å². The number of imidazole rings is 1. The van der Waals surface area contributed by atoms with Gasteiger partial charge in [-0.2, -0.15) is 0 Å². The Morgan fingerprint density at radius 3 is 2.89 bits per heavy atom. The first-order valence-corrected chi connectivity index (χ1v) is 10.1. The molecule has 0 amide bonds. The molecule has 0 fully saturated rings. The fourth-order valence-corrected chi connectivity index (χ4v) is 3.91. The molecule has 4 aromatic rings. The summed E-state index contributed by atoms with van der Waals surface area (Å²) in [6.45, 7) is -0.0863. The molecule has 3 heterocycles. The Labute approximate surface area is 162 Å². The molecule has 0 N–H and O–H groups in total. The van der Waals surface area contributed by atoms with E-state index in [2.05, 4.69) is 9.97 Å². The summed E-state index contributed by atoms with van der Waals surface area (Å²) in [6, 6.07) is 10.8. The maximum Gasteiger partial charge on any atom is 0.357 e. The van der Waals surface area contributed by atoms with Crippen LogP contribution in [0, 0.1) is 0 Å². The average Bonchev–Trinajstić information content (AvgIpc) is 3.33. The van der Waals surface area contributed by atoms with Crippen molar-refractivity contribution in [3.8, 4) is 5.69 Å². The molecule has 1 aromatic carbocycles. The average molecular weight is 398 g/mol. The second-order valence-corrected chi connectivity index (χ2v) is 7.16. The minimum absolute atomic E-state index is 0.0863. The normalized spacial score (nSPS) is 11.0. The monoisotopic (exact) mass is 398 g/mol. The number of ether oxygens (including phenoxy) is 1. The number of carbonyl (C=O) groups excluding carboxylic acids is 1. The lowest BCUT2D eigenvalue weighted by atomic mass is 10.3. The molecule has 0 aliphatic heterocycles. The first-order valence-electron chi connectivity index (χ1n) is 7.97. The number of esters is 1. The third kappa shape index (κ3) is 3.38. The first-order chi connectivity index (χ1) is 13.2. The fraction of sp³-hybridized carbons (Fsp3) is 0.111. The van der Waals surface area contributed by atoms with E-state index in [-0.39, 0.29) is 12.2 Å². The highest BCUT2D eigenvalue weighted by molar-refractivity contribution is 7.98. The van der Waals surface area contributed by atoms with Gasteiger partial charge in [-0.25, -0.2) is 14.8 Å². The summed E-state index contributed by atoms with van der Waals surface area (Å²) in [6.07, 6.45) is 5.05. The zero-order chi connectivity index (χ0) is 18.8. The van der Waals surface area contributed by atoms with E-state index in [1.807, 2.05) is 36.6 Å². The van der Waals surface area contributed by atoms with E-state index in [0.29, 0.717) is 21.5 Å². The summed E-state index contributed by atoms with van der Waals surface area (Å²) < 4.78 is 8.60. The van der Waals surface area contributed by atoms with Crippen LogP contribution in [0.2, 0.25) is 0 Å². The minimum atomic E-state index is -0.528. The molecule has 0 spiro atoms. The highest BCUT2D eigenvalue weighted by atomic mass is 32.2. The Bertz CT molecular complexity index is 1160. The van der Waals surface area contributed by atoms with Gasteiger partial charge in [0.15, 0.2) is 15.8 Å². The number of thiazole rings is 1. The van der Waals surface area contributed by atoms with E-state index >= 15 is 0 Å². The number of rotatable bonds is 5. The second-order valence-electron chi connectivity index (χ2n) is 5.52. The number of fused-ring (bicyclic) bond motifs is 1. The van der Waals surface area contributed by atoms with E-state index in [1.54, 1.807) is 16.1 Å². The SMILES string of the molecule is CSc1ncc(C(=O)OCc2cc(=O)n3ccsc3n2)n1-c1ccccc1. The summed E-state index contributed by atoms with van der Waals surface area (Å²) in [5, 5.41) is 2.46. The molecular weight excluding hydrogens is 384 g/mol. The number of carbonyl (C=O) groups is 1. The minimum Gasteiger partial charge on any atom is -0.454 e. The molecule has 0 radical (unpaired) electrons. The van der Waals surface area contributed by atoms with Crippen molar-refractivity contribution < 1.29 is 9.53 Å². The standard InChI is InChI=1S/C18H14N4O3S2/c1-26-17-19-10-14(22(17)13-5-3-2-4-6-13)16(24)25-11-12-9-15(23)21-7-8-27-18(21)20-12/h2-10H,11H2,1H3. The van der Waals surface area contributed by atoms with Gasteiger partial charge in [-0.3, -0.25) is 13.8 Å². The van der Waals surface area contributed by atoms with Gasteiger partial charge in [-0.05, 0) is 18.4 Å². The highest BCUT2D eigenvalue weighted by Crippen LogP contribution is 2.22. The van der Waals surface area contributed by atoms with Gasteiger partial charge in [0, 0.05) is 23.3 Å². The lowest BCUT2D eigenvalue weighted by Crippen LogP contribution is -2.16. The van der Waals surface area contributed by atoms with Crippen molar-refractivity contribution in [2.24, 2.45) is 0 Å². The van der Waals surface area contributed by atoms with Crippen LogP contribution in [0.4, 0.5) is 0 Å². The Hall–Kier alpha value is -2.91. The Kier molecular flexibility index (Phi) is 4.78. The highest BCUT2D eigenvalue weighted by Gasteiger charge is 2.19. The fourth-order valence-electron chi connectivity index (χ4n) is 2.62. The van der Waals surface area contributed by atoms with Crippen molar-refractivity contribution in [3.05, 3.63) is 75.9 Å². The second kappa shape index (κ2) is 7.37. The molecule has 9 heteroatoms. The molecule has 0 aliphatic carbocycles. The number of nitrogens with zero attached hydrogens (tertiary/aromatic N) is 4. The van der Waals surface area contributed by atoms with Crippen LogP contribution in [-0.4, -0.2) is 31.2 Å². The predicted molar refractivity (Wildman–Crippen MR) is 104 cm³/mol. The number of para-hydroxylation sites is 1. The van der Waals surface area contributed by atoms with Crippen LogP contribution in [0.25, 0.3) is 10.6 Å². The van der Waals surface area contributed by atoms with Gasteiger partial charge in [0.1, 0.15) is 6.61 Å². The van der Waals surface area contributed by atoms with E-state index in [1.165, 1.54) is 39.8 Å². The molecule has 27 heavy (non-hydrogen) atoms. The summed E-state index contributed by atoms with van der Waals surface area (Å²) in [4.78, 5) is 33.9. The molecule has 136 valence electrons. The smallest absolute Gasteiger partial charge is 0.357 e. The number of thioether (sulfide) groups is 1. The maximum atomic E-state index is 12.6. The van der Waals surface area contributed by atoms with Gasteiger partial charge in [-0.15, -0.1) is 11.3 Å². The number of aromatic nitrogens is 4. The summed E-state index contributed by atoms with van der Waals surface area (Å²) >= 11 is 2.78. The van der Waals surface area contributed by atoms with E-state index < -0.39 is 5.97 Å². The van der Waals surface area contributed by atoms with E-state index in [9.17, 15) is 9.59 Å². The molecule has 4 rings (SSSR count). The first kappa shape index (κ1) is 17.5. The van der Waals surface area contributed by atoms with Gasteiger partial charge in [-0.1, -0.05) is 30.0 Å². The van der Waals surface area contributed by atoms with Crippen molar-refractivity contribution in [3.63, 3.8) is 0 Å². The number of hydrogen-bond acceptors (Lipinski definition) is 7. The topological polar surface area (TPSA) is 78.5 Å². The van der Waals surface area contributed by atoms with Crippen LogP contribution in [0.1, 0.15) is 16.2 Å². The van der Waals surface area contributed by atoms with Gasteiger partial charge in [0.05, 0.1) is 11.9 Å². The molecule has 0 unspecified atom stereocenters.